The smallest absolute Gasteiger partial charge is 0.0866 e. The van der Waals surface area contributed by atoms with E-state index in [0.717, 1.165) is 24.3 Å². The summed E-state index contributed by atoms with van der Waals surface area (Å²) < 4.78 is 1.92. The van der Waals surface area contributed by atoms with Crippen LogP contribution in [0.15, 0.2) is 6.20 Å². The minimum atomic E-state index is 0.380. The van der Waals surface area contributed by atoms with Gasteiger partial charge in [-0.2, -0.15) is 5.10 Å². The number of aromatic nitrogens is 2. The van der Waals surface area contributed by atoms with E-state index in [1.54, 1.807) is 0 Å². The van der Waals surface area contributed by atoms with Crippen LogP contribution in [0.2, 0.25) is 0 Å². The highest BCUT2D eigenvalue weighted by Crippen LogP contribution is 2.13. The molecule has 1 rings (SSSR count). The number of likely N-dealkylation sites (N-methyl/N-ethyl adjacent to an activating group) is 1. The van der Waals surface area contributed by atoms with Crippen LogP contribution in [0, 0.1) is 0 Å². The van der Waals surface area contributed by atoms with Crippen molar-refractivity contribution in [3.05, 3.63) is 11.9 Å². The Labute approximate surface area is 85.7 Å². The molecule has 14 heavy (non-hydrogen) atoms. The third kappa shape index (κ3) is 2.73. The van der Waals surface area contributed by atoms with Gasteiger partial charge in [0.05, 0.1) is 11.4 Å². The Morgan fingerprint density at radius 3 is 2.57 bits per heavy atom. The highest BCUT2D eigenvalue weighted by Gasteiger charge is 2.07. The molecule has 80 valence electrons. The Morgan fingerprint density at radius 1 is 1.50 bits per heavy atom. The maximum absolute atomic E-state index is 5.86. The van der Waals surface area contributed by atoms with Gasteiger partial charge in [0.1, 0.15) is 0 Å². The number of hydrogen-bond acceptors (Lipinski definition) is 3. The predicted octanol–water partition coefficient (Wildman–Crippen LogP) is 1.15. The summed E-state index contributed by atoms with van der Waals surface area (Å²) in [6.07, 6.45) is 2.83. The normalized spacial score (nSPS) is 11.6. The Bertz CT molecular complexity index is 288. The van der Waals surface area contributed by atoms with E-state index in [1.807, 2.05) is 10.9 Å². The van der Waals surface area contributed by atoms with Crippen molar-refractivity contribution < 1.29 is 0 Å². The summed E-state index contributed by atoms with van der Waals surface area (Å²) in [6, 6.07) is 0.380. The molecule has 0 bridgehead atoms. The Kier molecular flexibility index (Phi) is 3.52. The van der Waals surface area contributed by atoms with Crippen molar-refractivity contribution in [1.29, 1.82) is 0 Å². The van der Waals surface area contributed by atoms with E-state index < -0.39 is 0 Å². The third-order valence-electron chi connectivity index (χ3n) is 2.17. The fourth-order valence-electron chi connectivity index (χ4n) is 1.23. The molecule has 0 saturated heterocycles. The highest BCUT2D eigenvalue weighted by molar-refractivity contribution is 5.40. The molecule has 0 saturated carbocycles. The van der Waals surface area contributed by atoms with E-state index in [9.17, 15) is 0 Å². The lowest BCUT2D eigenvalue weighted by molar-refractivity contribution is 0.409. The lowest BCUT2D eigenvalue weighted by Gasteiger charge is -2.07. The van der Waals surface area contributed by atoms with Crippen molar-refractivity contribution in [3.8, 4) is 0 Å². The van der Waals surface area contributed by atoms with Gasteiger partial charge in [0.2, 0.25) is 0 Å². The number of rotatable bonds is 4. The van der Waals surface area contributed by atoms with E-state index in [-0.39, 0.29) is 0 Å². The van der Waals surface area contributed by atoms with Crippen LogP contribution in [0.3, 0.4) is 0 Å². The van der Waals surface area contributed by atoms with Crippen LogP contribution in [0.25, 0.3) is 0 Å². The zero-order chi connectivity index (χ0) is 10.7. The van der Waals surface area contributed by atoms with Crippen molar-refractivity contribution >= 4 is 5.69 Å². The molecule has 0 spiro atoms. The number of anilines is 1. The third-order valence-corrected chi connectivity index (χ3v) is 2.17. The second-order valence-corrected chi connectivity index (χ2v) is 4.16. The molecule has 4 nitrogen and oxygen atoms in total. The zero-order valence-corrected chi connectivity index (χ0v) is 9.49. The van der Waals surface area contributed by atoms with Gasteiger partial charge in [0.15, 0.2) is 0 Å². The van der Waals surface area contributed by atoms with Gasteiger partial charge in [-0.25, -0.2) is 0 Å². The molecule has 0 amide bonds. The SMILES string of the molecule is CC(C)n1cc(N)c(CCN(C)C)n1. The number of hydrogen-bond donors (Lipinski definition) is 1. The molecular formula is C10H20N4. The molecule has 1 heterocycles. The minimum absolute atomic E-state index is 0.380. The summed E-state index contributed by atoms with van der Waals surface area (Å²) in [5.74, 6) is 0. The first-order valence-electron chi connectivity index (χ1n) is 4.99. The largest absolute Gasteiger partial charge is 0.396 e. The van der Waals surface area contributed by atoms with Gasteiger partial charge in [-0.05, 0) is 27.9 Å². The van der Waals surface area contributed by atoms with Crippen molar-refractivity contribution in [3.63, 3.8) is 0 Å². The lowest BCUT2D eigenvalue weighted by Crippen LogP contribution is -2.16. The Morgan fingerprint density at radius 2 is 2.14 bits per heavy atom. The molecule has 0 radical (unpaired) electrons. The Balaban J connectivity index is 2.67. The van der Waals surface area contributed by atoms with Crippen LogP contribution in [0.1, 0.15) is 25.6 Å². The van der Waals surface area contributed by atoms with E-state index in [4.69, 9.17) is 5.73 Å². The standard InChI is InChI=1S/C10H20N4/c1-8(2)14-7-9(11)10(12-14)5-6-13(3)4/h7-8H,5-6,11H2,1-4H3. The van der Waals surface area contributed by atoms with Gasteiger partial charge < -0.3 is 10.6 Å². The average molecular weight is 196 g/mol. The van der Waals surface area contributed by atoms with Crippen LogP contribution in [-0.4, -0.2) is 35.3 Å². The van der Waals surface area contributed by atoms with Crippen LogP contribution in [-0.2, 0) is 6.42 Å². The summed E-state index contributed by atoms with van der Waals surface area (Å²) >= 11 is 0. The van der Waals surface area contributed by atoms with Crippen molar-refractivity contribution in [1.82, 2.24) is 14.7 Å². The molecule has 4 heteroatoms. The summed E-state index contributed by atoms with van der Waals surface area (Å²) in [4.78, 5) is 2.13. The van der Waals surface area contributed by atoms with Gasteiger partial charge in [-0.1, -0.05) is 0 Å². The van der Waals surface area contributed by atoms with Crippen LogP contribution in [0.5, 0.6) is 0 Å². The quantitative estimate of drug-likeness (QED) is 0.786. The topological polar surface area (TPSA) is 47.1 Å². The van der Waals surface area contributed by atoms with Gasteiger partial charge in [0, 0.05) is 25.2 Å². The summed E-state index contributed by atoms with van der Waals surface area (Å²) in [7, 11) is 4.10. The van der Waals surface area contributed by atoms with E-state index in [0.29, 0.717) is 6.04 Å². The van der Waals surface area contributed by atoms with Gasteiger partial charge in [-0.3, -0.25) is 4.68 Å². The van der Waals surface area contributed by atoms with Crippen LogP contribution in [0.4, 0.5) is 5.69 Å². The lowest BCUT2D eigenvalue weighted by atomic mass is 10.3. The summed E-state index contributed by atoms with van der Waals surface area (Å²) in [5.41, 5.74) is 7.68. The molecular weight excluding hydrogens is 176 g/mol. The fraction of sp³-hybridized carbons (Fsp3) is 0.700. The summed E-state index contributed by atoms with van der Waals surface area (Å²) in [6.45, 7) is 5.18. The number of nitrogens with two attached hydrogens (primary N) is 1. The molecule has 1 aromatic rings. The maximum atomic E-state index is 5.86. The van der Waals surface area contributed by atoms with Crippen molar-refractivity contribution in [2.45, 2.75) is 26.3 Å². The molecule has 0 aliphatic carbocycles. The number of nitrogen functional groups attached to an aromatic ring is 1. The molecule has 1 aromatic heterocycles. The second-order valence-electron chi connectivity index (χ2n) is 4.16. The molecule has 0 atom stereocenters. The molecule has 0 aliphatic heterocycles. The van der Waals surface area contributed by atoms with Crippen LogP contribution >= 0.6 is 0 Å². The van der Waals surface area contributed by atoms with E-state index >= 15 is 0 Å². The van der Waals surface area contributed by atoms with Gasteiger partial charge in [0.25, 0.3) is 0 Å². The highest BCUT2D eigenvalue weighted by atomic mass is 15.3. The number of nitrogens with zero attached hydrogens (tertiary/aromatic N) is 3. The van der Waals surface area contributed by atoms with E-state index in [2.05, 4.69) is 37.9 Å². The Hall–Kier alpha value is -1.03. The second kappa shape index (κ2) is 4.46. The first-order chi connectivity index (χ1) is 6.50. The zero-order valence-electron chi connectivity index (χ0n) is 9.49. The minimum Gasteiger partial charge on any atom is -0.396 e. The van der Waals surface area contributed by atoms with Crippen molar-refractivity contribution in [2.24, 2.45) is 0 Å². The molecule has 0 fully saturated rings. The maximum Gasteiger partial charge on any atom is 0.0866 e. The molecule has 2 N–H and O–H groups in total. The molecule has 0 unspecified atom stereocenters. The van der Waals surface area contributed by atoms with E-state index in [1.165, 1.54) is 0 Å². The average Bonchev–Trinajstić information content (AvgIpc) is 2.43. The first kappa shape index (κ1) is 11.0. The first-order valence-corrected chi connectivity index (χ1v) is 4.99. The predicted molar refractivity (Wildman–Crippen MR) is 59.3 cm³/mol. The monoisotopic (exact) mass is 196 g/mol. The summed E-state index contributed by atoms with van der Waals surface area (Å²) in [5, 5.41) is 4.45. The van der Waals surface area contributed by atoms with Gasteiger partial charge in [-0.15, -0.1) is 0 Å². The van der Waals surface area contributed by atoms with Gasteiger partial charge >= 0.3 is 0 Å². The van der Waals surface area contributed by atoms with Crippen molar-refractivity contribution in [2.75, 3.05) is 26.4 Å². The van der Waals surface area contributed by atoms with Crippen LogP contribution < -0.4 is 5.73 Å². The fourth-order valence-corrected chi connectivity index (χ4v) is 1.23. The molecule has 0 aromatic carbocycles. The molecule has 0 aliphatic rings.